The fourth-order valence-electron chi connectivity index (χ4n) is 3.99. The molecule has 0 radical (unpaired) electrons. The van der Waals surface area contributed by atoms with Gasteiger partial charge in [0.1, 0.15) is 18.3 Å². The fourth-order valence-corrected chi connectivity index (χ4v) is 5.53. The molecule has 8 nitrogen and oxygen atoms in total. The molecule has 0 aliphatic rings. The molecule has 3 aromatic carbocycles. The van der Waals surface area contributed by atoms with E-state index in [0.29, 0.717) is 22.9 Å². The van der Waals surface area contributed by atoms with Gasteiger partial charge in [-0.1, -0.05) is 48.4 Å². The topological polar surface area (TPSA) is 96.0 Å². The summed E-state index contributed by atoms with van der Waals surface area (Å²) in [6.45, 7) is 3.30. The number of nitrogens with zero attached hydrogens (tertiary/aromatic N) is 2. The highest BCUT2D eigenvalue weighted by atomic mass is 35.5. The largest absolute Gasteiger partial charge is 0.497 e. The van der Waals surface area contributed by atoms with Crippen molar-refractivity contribution in [2.24, 2.45) is 0 Å². The summed E-state index contributed by atoms with van der Waals surface area (Å²) in [5.41, 5.74) is 2.04. The number of carbonyl (C=O) groups is 2. The SMILES string of the molecule is CCC(C(=O)NC)N(Cc1ccc(OC)cc1)C(=O)CN(c1ccc(C)cc1)S(=O)(=O)c1ccc(Cl)cc1. The molecule has 0 aliphatic carbocycles. The van der Waals surface area contributed by atoms with Crippen LogP contribution in [0.1, 0.15) is 24.5 Å². The molecule has 0 fully saturated rings. The zero-order valence-corrected chi connectivity index (χ0v) is 23.4. The molecular weight excluding hydrogens is 526 g/mol. The third-order valence-corrected chi connectivity index (χ3v) is 8.19. The smallest absolute Gasteiger partial charge is 0.264 e. The number of benzene rings is 3. The molecule has 0 bridgehead atoms. The predicted octanol–water partition coefficient (Wildman–Crippen LogP) is 4.41. The van der Waals surface area contributed by atoms with E-state index in [9.17, 15) is 18.0 Å². The van der Waals surface area contributed by atoms with Crippen LogP contribution in [-0.4, -0.2) is 51.9 Å². The van der Waals surface area contributed by atoms with Crippen LogP contribution in [0.2, 0.25) is 5.02 Å². The average Bonchev–Trinajstić information content (AvgIpc) is 2.92. The lowest BCUT2D eigenvalue weighted by molar-refractivity contribution is -0.140. The Morgan fingerprint density at radius 2 is 1.58 bits per heavy atom. The van der Waals surface area contributed by atoms with Gasteiger partial charge in [-0.05, 0) is 67.4 Å². The normalized spacial score (nSPS) is 11.9. The number of aryl methyl sites for hydroxylation is 1. The predicted molar refractivity (Wildman–Crippen MR) is 149 cm³/mol. The molecule has 2 amide bonds. The second-order valence-corrected chi connectivity index (χ2v) is 11.0. The minimum absolute atomic E-state index is 0.00433. The fraction of sp³-hybridized carbons (Fsp3) is 0.286. The summed E-state index contributed by atoms with van der Waals surface area (Å²) < 4.78 is 33.8. The van der Waals surface area contributed by atoms with Gasteiger partial charge in [-0.15, -0.1) is 0 Å². The van der Waals surface area contributed by atoms with Crippen molar-refractivity contribution >= 4 is 39.1 Å². The number of halogens is 1. The summed E-state index contributed by atoms with van der Waals surface area (Å²) in [5, 5.41) is 3.00. The number of hydrogen-bond donors (Lipinski definition) is 1. The standard InChI is InChI=1S/C28H32ClN3O5S/c1-5-26(28(34)30-3)31(18-21-8-14-24(37-4)15-9-21)27(33)19-32(23-12-6-20(2)7-13-23)38(35,36)25-16-10-22(29)11-17-25/h6-17,26H,5,18-19H2,1-4H3,(H,30,34). The Bertz CT molecular complexity index is 1340. The molecule has 0 aromatic heterocycles. The lowest BCUT2D eigenvalue weighted by atomic mass is 10.1. The lowest BCUT2D eigenvalue weighted by Gasteiger charge is -2.33. The van der Waals surface area contributed by atoms with E-state index in [4.69, 9.17) is 16.3 Å². The Morgan fingerprint density at radius 3 is 2.11 bits per heavy atom. The highest BCUT2D eigenvalue weighted by molar-refractivity contribution is 7.92. The van der Waals surface area contributed by atoms with Crippen LogP contribution in [0, 0.1) is 6.92 Å². The maximum absolute atomic E-state index is 13.9. The maximum atomic E-state index is 13.9. The average molecular weight is 558 g/mol. The molecule has 0 saturated heterocycles. The van der Waals surface area contributed by atoms with Crippen molar-refractivity contribution in [3.63, 3.8) is 0 Å². The van der Waals surface area contributed by atoms with Crippen LogP contribution >= 0.6 is 11.6 Å². The van der Waals surface area contributed by atoms with Gasteiger partial charge in [0, 0.05) is 18.6 Å². The van der Waals surface area contributed by atoms with Gasteiger partial charge in [0.2, 0.25) is 11.8 Å². The number of hydrogen-bond acceptors (Lipinski definition) is 5. The Hall–Kier alpha value is -3.56. The van der Waals surface area contributed by atoms with Gasteiger partial charge in [0.25, 0.3) is 10.0 Å². The molecule has 0 heterocycles. The Labute approximate surface area is 229 Å². The van der Waals surface area contributed by atoms with E-state index in [1.54, 1.807) is 62.6 Å². The molecule has 1 atom stereocenters. The van der Waals surface area contributed by atoms with Crippen LogP contribution in [0.3, 0.4) is 0 Å². The molecule has 202 valence electrons. The van der Waals surface area contributed by atoms with Crippen molar-refractivity contribution in [1.29, 1.82) is 0 Å². The molecule has 3 rings (SSSR count). The van der Waals surface area contributed by atoms with Crippen molar-refractivity contribution in [3.8, 4) is 5.75 Å². The van der Waals surface area contributed by atoms with Gasteiger partial charge in [-0.25, -0.2) is 8.42 Å². The molecular formula is C28H32ClN3O5S. The van der Waals surface area contributed by atoms with Crippen molar-refractivity contribution in [1.82, 2.24) is 10.2 Å². The Balaban J connectivity index is 2.03. The third kappa shape index (κ3) is 6.85. The summed E-state index contributed by atoms with van der Waals surface area (Å²) in [5.74, 6) is -0.198. The number of amides is 2. The number of rotatable bonds is 11. The van der Waals surface area contributed by atoms with Gasteiger partial charge in [0.15, 0.2) is 0 Å². The monoisotopic (exact) mass is 557 g/mol. The number of carbonyl (C=O) groups excluding carboxylic acids is 2. The van der Waals surface area contributed by atoms with E-state index in [0.717, 1.165) is 15.4 Å². The van der Waals surface area contributed by atoms with Crippen LogP contribution in [0.4, 0.5) is 5.69 Å². The summed E-state index contributed by atoms with van der Waals surface area (Å²) >= 11 is 5.98. The summed E-state index contributed by atoms with van der Waals surface area (Å²) in [4.78, 5) is 28.0. The quantitative estimate of drug-likeness (QED) is 0.377. The van der Waals surface area contributed by atoms with Crippen molar-refractivity contribution < 1.29 is 22.7 Å². The Kier molecular flexibility index (Phi) is 9.77. The van der Waals surface area contributed by atoms with Crippen molar-refractivity contribution in [3.05, 3.63) is 88.9 Å². The van der Waals surface area contributed by atoms with Crippen LogP contribution in [0.15, 0.2) is 77.7 Å². The molecule has 38 heavy (non-hydrogen) atoms. The van der Waals surface area contributed by atoms with E-state index in [2.05, 4.69) is 5.32 Å². The first-order valence-corrected chi connectivity index (χ1v) is 13.9. The van der Waals surface area contributed by atoms with Gasteiger partial charge in [-0.3, -0.25) is 13.9 Å². The van der Waals surface area contributed by atoms with Crippen LogP contribution in [0.25, 0.3) is 0 Å². The molecule has 0 aliphatic heterocycles. The minimum Gasteiger partial charge on any atom is -0.497 e. The van der Waals surface area contributed by atoms with E-state index >= 15 is 0 Å². The lowest BCUT2D eigenvalue weighted by Crippen LogP contribution is -2.51. The van der Waals surface area contributed by atoms with Gasteiger partial charge in [-0.2, -0.15) is 0 Å². The molecule has 0 spiro atoms. The second kappa shape index (κ2) is 12.8. The van der Waals surface area contributed by atoms with Crippen molar-refractivity contribution in [2.45, 2.75) is 37.8 Å². The molecule has 1 unspecified atom stereocenters. The number of methoxy groups -OCH3 is 1. The van der Waals surface area contributed by atoms with Crippen LogP contribution < -0.4 is 14.4 Å². The highest BCUT2D eigenvalue weighted by Crippen LogP contribution is 2.26. The summed E-state index contributed by atoms with van der Waals surface area (Å²) in [7, 11) is -1.08. The third-order valence-electron chi connectivity index (χ3n) is 6.15. The zero-order chi connectivity index (χ0) is 27.9. The molecule has 1 N–H and O–H groups in total. The van der Waals surface area contributed by atoms with E-state index in [1.165, 1.54) is 36.2 Å². The minimum atomic E-state index is -4.14. The highest BCUT2D eigenvalue weighted by Gasteiger charge is 2.33. The zero-order valence-electron chi connectivity index (χ0n) is 21.8. The number of sulfonamides is 1. The summed E-state index contributed by atoms with van der Waals surface area (Å²) in [6, 6.07) is 19.0. The van der Waals surface area contributed by atoms with Gasteiger partial charge >= 0.3 is 0 Å². The molecule has 0 saturated carbocycles. The Morgan fingerprint density at radius 1 is 0.974 bits per heavy atom. The second-order valence-electron chi connectivity index (χ2n) is 8.71. The molecule has 3 aromatic rings. The van der Waals surface area contributed by atoms with Crippen LogP contribution in [0.5, 0.6) is 5.75 Å². The number of anilines is 1. The van der Waals surface area contributed by atoms with Crippen molar-refractivity contribution in [2.75, 3.05) is 25.0 Å². The maximum Gasteiger partial charge on any atom is 0.264 e. The number of ether oxygens (including phenoxy) is 1. The van der Waals surface area contributed by atoms with Crippen LogP contribution in [-0.2, 0) is 26.2 Å². The first kappa shape index (κ1) is 29.0. The molecule has 10 heteroatoms. The first-order chi connectivity index (χ1) is 18.1. The number of likely N-dealkylation sites (N-methyl/N-ethyl adjacent to an activating group) is 1. The van der Waals surface area contributed by atoms with Gasteiger partial charge in [0.05, 0.1) is 17.7 Å². The number of nitrogens with one attached hydrogen (secondary N) is 1. The van der Waals surface area contributed by atoms with E-state index in [-0.39, 0.29) is 17.3 Å². The summed E-state index contributed by atoms with van der Waals surface area (Å²) in [6.07, 6.45) is 0.343. The van der Waals surface area contributed by atoms with E-state index in [1.807, 2.05) is 6.92 Å². The van der Waals surface area contributed by atoms with E-state index < -0.39 is 28.5 Å². The first-order valence-electron chi connectivity index (χ1n) is 12.1. The van der Waals surface area contributed by atoms with Gasteiger partial charge < -0.3 is 15.0 Å².